The Morgan fingerprint density at radius 1 is 1.08 bits per heavy atom. The van der Waals surface area contributed by atoms with E-state index in [9.17, 15) is 0 Å². The first kappa shape index (κ1) is 8.55. The zero-order chi connectivity index (χ0) is 8.72. The van der Waals surface area contributed by atoms with Crippen molar-refractivity contribution in [3.63, 3.8) is 0 Å². The van der Waals surface area contributed by atoms with Crippen LogP contribution in [-0.4, -0.2) is 25.0 Å². The molecule has 1 nitrogen and oxygen atoms in total. The van der Waals surface area contributed by atoms with E-state index in [2.05, 4.69) is 25.8 Å². The molecule has 1 aliphatic carbocycles. The Morgan fingerprint density at radius 3 is 2.50 bits per heavy atom. The molecule has 0 amide bonds. The standard InChI is InChI=1S/C11H21N/c1-8-9(2)11-7-12(3)6-4-5-10(8)11/h8-11H,4-7H2,1-3H3/t8?,9?,10-,11?/m1/s1. The van der Waals surface area contributed by atoms with E-state index in [1.54, 1.807) is 0 Å². The zero-order valence-electron chi connectivity index (χ0n) is 8.59. The number of hydrogen-bond acceptors (Lipinski definition) is 1. The van der Waals surface area contributed by atoms with Crippen LogP contribution in [0.5, 0.6) is 0 Å². The van der Waals surface area contributed by atoms with Crippen molar-refractivity contribution in [3.8, 4) is 0 Å². The SMILES string of the molecule is CC1C(C)[C@H]2CCCN(C)CC12. The second-order valence-corrected chi connectivity index (χ2v) is 4.95. The molecule has 0 N–H and O–H groups in total. The highest BCUT2D eigenvalue weighted by molar-refractivity contribution is 4.94. The number of hydrogen-bond donors (Lipinski definition) is 0. The fraction of sp³-hybridized carbons (Fsp3) is 1.00. The molecule has 0 aromatic heterocycles. The summed E-state index contributed by atoms with van der Waals surface area (Å²) in [6.07, 6.45) is 2.91. The first-order valence-electron chi connectivity index (χ1n) is 5.38. The van der Waals surface area contributed by atoms with Crippen LogP contribution in [0.1, 0.15) is 26.7 Å². The van der Waals surface area contributed by atoms with Crippen LogP contribution >= 0.6 is 0 Å². The maximum absolute atomic E-state index is 2.52. The van der Waals surface area contributed by atoms with E-state index in [1.807, 2.05) is 0 Å². The fourth-order valence-electron chi connectivity index (χ4n) is 3.24. The van der Waals surface area contributed by atoms with Gasteiger partial charge in [-0.1, -0.05) is 13.8 Å². The van der Waals surface area contributed by atoms with Crippen molar-refractivity contribution >= 4 is 0 Å². The highest BCUT2D eigenvalue weighted by Crippen LogP contribution is 2.49. The summed E-state index contributed by atoms with van der Waals surface area (Å²) < 4.78 is 0. The second kappa shape index (κ2) is 3.02. The largest absolute Gasteiger partial charge is 0.306 e. The Balaban J connectivity index is 2.01. The quantitative estimate of drug-likeness (QED) is 0.535. The third kappa shape index (κ3) is 1.19. The van der Waals surface area contributed by atoms with Crippen molar-refractivity contribution < 1.29 is 0 Å². The summed E-state index contributed by atoms with van der Waals surface area (Å²) in [4.78, 5) is 2.52. The van der Waals surface area contributed by atoms with Crippen molar-refractivity contribution in [2.45, 2.75) is 26.7 Å². The summed E-state index contributed by atoms with van der Waals surface area (Å²) in [7, 11) is 2.28. The van der Waals surface area contributed by atoms with E-state index in [-0.39, 0.29) is 0 Å². The molecule has 12 heavy (non-hydrogen) atoms. The average molecular weight is 167 g/mol. The maximum Gasteiger partial charge on any atom is 0.00120 e. The molecule has 0 radical (unpaired) electrons. The molecule has 3 unspecified atom stereocenters. The normalized spacial score (nSPS) is 49.2. The molecule has 4 atom stereocenters. The van der Waals surface area contributed by atoms with E-state index >= 15 is 0 Å². The zero-order valence-corrected chi connectivity index (χ0v) is 8.59. The molecular weight excluding hydrogens is 146 g/mol. The fourth-order valence-corrected chi connectivity index (χ4v) is 3.24. The molecule has 0 aromatic rings. The lowest BCUT2D eigenvalue weighted by Crippen LogP contribution is -2.47. The first-order valence-corrected chi connectivity index (χ1v) is 5.38. The third-order valence-corrected chi connectivity index (χ3v) is 4.33. The molecule has 2 rings (SSSR count). The third-order valence-electron chi connectivity index (χ3n) is 4.33. The minimum absolute atomic E-state index is 0.982. The molecule has 0 spiro atoms. The second-order valence-electron chi connectivity index (χ2n) is 4.95. The maximum atomic E-state index is 2.52. The Morgan fingerprint density at radius 2 is 1.75 bits per heavy atom. The van der Waals surface area contributed by atoms with Gasteiger partial charge in [-0.25, -0.2) is 0 Å². The predicted molar refractivity (Wildman–Crippen MR) is 52.0 cm³/mol. The number of fused-ring (bicyclic) bond motifs is 1. The van der Waals surface area contributed by atoms with Gasteiger partial charge in [-0.15, -0.1) is 0 Å². The Hall–Kier alpha value is -0.0400. The minimum atomic E-state index is 0.982. The van der Waals surface area contributed by atoms with Gasteiger partial charge < -0.3 is 4.90 Å². The van der Waals surface area contributed by atoms with Crippen LogP contribution in [0, 0.1) is 23.7 Å². The van der Waals surface area contributed by atoms with Crippen LogP contribution in [0.3, 0.4) is 0 Å². The van der Waals surface area contributed by atoms with Crippen LogP contribution in [0.2, 0.25) is 0 Å². The molecule has 2 aliphatic rings. The molecule has 1 saturated heterocycles. The van der Waals surface area contributed by atoms with Gasteiger partial charge in [0.15, 0.2) is 0 Å². The molecule has 1 saturated carbocycles. The molecule has 1 heteroatoms. The van der Waals surface area contributed by atoms with Crippen LogP contribution < -0.4 is 0 Å². The molecule has 0 bridgehead atoms. The number of rotatable bonds is 0. The summed E-state index contributed by atoms with van der Waals surface area (Å²) in [5, 5.41) is 0. The van der Waals surface area contributed by atoms with E-state index in [0.717, 1.165) is 23.7 Å². The van der Waals surface area contributed by atoms with Gasteiger partial charge in [-0.2, -0.15) is 0 Å². The lowest BCUT2D eigenvalue weighted by atomic mass is 9.57. The lowest BCUT2D eigenvalue weighted by molar-refractivity contribution is -0.00693. The van der Waals surface area contributed by atoms with Gasteiger partial charge in [0.2, 0.25) is 0 Å². The van der Waals surface area contributed by atoms with Gasteiger partial charge in [0, 0.05) is 6.54 Å². The molecule has 70 valence electrons. The summed E-state index contributed by atoms with van der Waals surface area (Å²) in [6, 6.07) is 0. The van der Waals surface area contributed by atoms with Crippen LogP contribution in [0.25, 0.3) is 0 Å². The highest BCUT2D eigenvalue weighted by atomic mass is 15.1. The molecule has 0 aromatic carbocycles. The first-order chi connectivity index (χ1) is 5.70. The number of nitrogens with zero attached hydrogens (tertiary/aromatic N) is 1. The molecular formula is C11H21N. The van der Waals surface area contributed by atoms with E-state index in [1.165, 1.54) is 25.9 Å². The minimum Gasteiger partial charge on any atom is -0.306 e. The van der Waals surface area contributed by atoms with Crippen molar-refractivity contribution in [1.82, 2.24) is 4.90 Å². The van der Waals surface area contributed by atoms with Gasteiger partial charge in [-0.3, -0.25) is 0 Å². The Kier molecular flexibility index (Phi) is 2.16. The summed E-state index contributed by atoms with van der Waals surface area (Å²) >= 11 is 0. The van der Waals surface area contributed by atoms with Crippen molar-refractivity contribution in [2.75, 3.05) is 20.1 Å². The lowest BCUT2D eigenvalue weighted by Gasteiger charge is -2.49. The summed E-state index contributed by atoms with van der Waals surface area (Å²) in [6.45, 7) is 7.56. The van der Waals surface area contributed by atoms with Gasteiger partial charge in [0.1, 0.15) is 0 Å². The van der Waals surface area contributed by atoms with Crippen LogP contribution in [-0.2, 0) is 0 Å². The van der Waals surface area contributed by atoms with Gasteiger partial charge >= 0.3 is 0 Å². The van der Waals surface area contributed by atoms with Crippen molar-refractivity contribution in [1.29, 1.82) is 0 Å². The van der Waals surface area contributed by atoms with Crippen LogP contribution in [0.15, 0.2) is 0 Å². The smallest absolute Gasteiger partial charge is 0.00120 e. The van der Waals surface area contributed by atoms with Crippen molar-refractivity contribution in [3.05, 3.63) is 0 Å². The summed E-state index contributed by atoms with van der Waals surface area (Å²) in [5.74, 6) is 4.06. The number of likely N-dealkylation sites (tertiary alicyclic amines) is 1. The molecule has 1 aliphatic heterocycles. The highest BCUT2D eigenvalue weighted by Gasteiger charge is 2.45. The van der Waals surface area contributed by atoms with Gasteiger partial charge in [0.25, 0.3) is 0 Å². The van der Waals surface area contributed by atoms with E-state index in [4.69, 9.17) is 0 Å². The van der Waals surface area contributed by atoms with Crippen LogP contribution in [0.4, 0.5) is 0 Å². The van der Waals surface area contributed by atoms with Crippen molar-refractivity contribution in [2.24, 2.45) is 23.7 Å². The summed E-state index contributed by atoms with van der Waals surface area (Å²) in [5.41, 5.74) is 0. The van der Waals surface area contributed by atoms with Gasteiger partial charge in [0.05, 0.1) is 0 Å². The van der Waals surface area contributed by atoms with E-state index in [0.29, 0.717) is 0 Å². The van der Waals surface area contributed by atoms with E-state index < -0.39 is 0 Å². The monoisotopic (exact) mass is 167 g/mol. The topological polar surface area (TPSA) is 3.24 Å². The molecule has 2 fully saturated rings. The predicted octanol–water partition coefficient (Wildman–Crippen LogP) is 2.23. The molecule has 1 heterocycles. The average Bonchev–Trinajstić information content (AvgIpc) is 2.24. The van der Waals surface area contributed by atoms with Gasteiger partial charge in [-0.05, 0) is 50.1 Å². The Bertz CT molecular complexity index is 166. The Labute approximate surface area is 76.1 Å².